The van der Waals surface area contributed by atoms with Gasteiger partial charge in [-0.25, -0.2) is 4.39 Å². The third kappa shape index (κ3) is 8.53. The van der Waals surface area contributed by atoms with E-state index in [0.717, 1.165) is 24.6 Å². The predicted octanol–water partition coefficient (Wildman–Crippen LogP) is 2.84. The number of aliphatic imine (C=N–C) groups is 1. The van der Waals surface area contributed by atoms with Crippen molar-refractivity contribution >= 4 is 29.9 Å². The van der Waals surface area contributed by atoms with Gasteiger partial charge in [-0.15, -0.1) is 24.0 Å². The summed E-state index contributed by atoms with van der Waals surface area (Å²) in [6.45, 7) is 8.78. The molecule has 0 aliphatic heterocycles. The molecule has 1 rings (SSSR count). The zero-order valence-corrected chi connectivity index (χ0v) is 16.4. The molecule has 0 aliphatic rings. The van der Waals surface area contributed by atoms with E-state index in [4.69, 9.17) is 0 Å². The Bertz CT molecular complexity index is 454. The van der Waals surface area contributed by atoms with Crippen molar-refractivity contribution < 1.29 is 4.39 Å². The maximum atomic E-state index is 12.9. The summed E-state index contributed by atoms with van der Waals surface area (Å²) in [4.78, 5) is 6.28. The molecule has 0 heterocycles. The molecule has 126 valence electrons. The Hall–Kier alpha value is -0.890. The van der Waals surface area contributed by atoms with Gasteiger partial charge in [0.15, 0.2) is 5.96 Å². The van der Waals surface area contributed by atoms with Crippen LogP contribution >= 0.6 is 24.0 Å². The first kappa shape index (κ1) is 21.1. The van der Waals surface area contributed by atoms with E-state index in [1.54, 1.807) is 19.2 Å². The lowest BCUT2D eigenvalue weighted by atomic mass is 10.1. The third-order valence-corrected chi connectivity index (χ3v) is 2.97. The van der Waals surface area contributed by atoms with Gasteiger partial charge in [-0.1, -0.05) is 12.1 Å². The van der Waals surface area contributed by atoms with E-state index in [1.165, 1.54) is 12.1 Å². The molecule has 0 radical (unpaired) electrons. The lowest BCUT2D eigenvalue weighted by molar-refractivity contribution is 0.422. The molecule has 0 saturated heterocycles. The van der Waals surface area contributed by atoms with Crippen LogP contribution in [0.25, 0.3) is 0 Å². The molecule has 0 bridgehead atoms. The van der Waals surface area contributed by atoms with E-state index in [1.807, 2.05) is 11.9 Å². The average molecular weight is 422 g/mol. The Kier molecular flexibility index (Phi) is 9.59. The van der Waals surface area contributed by atoms with Gasteiger partial charge in [0.1, 0.15) is 5.82 Å². The van der Waals surface area contributed by atoms with Crippen molar-refractivity contribution in [2.24, 2.45) is 4.99 Å². The highest BCUT2D eigenvalue weighted by Gasteiger charge is 2.09. The van der Waals surface area contributed by atoms with E-state index < -0.39 is 0 Å². The molecule has 2 N–H and O–H groups in total. The van der Waals surface area contributed by atoms with Gasteiger partial charge in [0, 0.05) is 39.3 Å². The Labute approximate surface area is 150 Å². The van der Waals surface area contributed by atoms with E-state index in [2.05, 4.69) is 36.4 Å². The van der Waals surface area contributed by atoms with Gasteiger partial charge in [0.25, 0.3) is 0 Å². The maximum absolute atomic E-state index is 12.9. The fourth-order valence-corrected chi connectivity index (χ4v) is 1.94. The van der Waals surface area contributed by atoms with Crippen LogP contribution in [0.1, 0.15) is 26.3 Å². The molecule has 0 fully saturated rings. The Balaban J connectivity index is 0.00000441. The summed E-state index contributed by atoms with van der Waals surface area (Å²) >= 11 is 0. The molecule has 0 spiro atoms. The predicted molar refractivity (Wildman–Crippen MR) is 102 cm³/mol. The van der Waals surface area contributed by atoms with Gasteiger partial charge in [-0.2, -0.15) is 0 Å². The van der Waals surface area contributed by atoms with Crippen LogP contribution in [-0.2, 0) is 6.54 Å². The van der Waals surface area contributed by atoms with Crippen molar-refractivity contribution in [2.75, 3.05) is 27.2 Å². The lowest BCUT2D eigenvalue weighted by Crippen LogP contribution is -2.44. The maximum Gasteiger partial charge on any atom is 0.193 e. The Morgan fingerprint density at radius 3 is 2.27 bits per heavy atom. The average Bonchev–Trinajstić information content (AvgIpc) is 2.40. The van der Waals surface area contributed by atoms with Gasteiger partial charge >= 0.3 is 0 Å². The second-order valence-corrected chi connectivity index (χ2v) is 6.13. The van der Waals surface area contributed by atoms with E-state index in [-0.39, 0.29) is 35.3 Å². The van der Waals surface area contributed by atoms with Crippen LogP contribution in [0.4, 0.5) is 4.39 Å². The number of guanidine groups is 1. The van der Waals surface area contributed by atoms with Gasteiger partial charge in [0.05, 0.1) is 0 Å². The van der Waals surface area contributed by atoms with Crippen molar-refractivity contribution in [3.63, 3.8) is 0 Å². The zero-order chi connectivity index (χ0) is 15.9. The number of hydrogen-bond acceptors (Lipinski definition) is 2. The van der Waals surface area contributed by atoms with Gasteiger partial charge in [0.2, 0.25) is 0 Å². The molecule has 1 aromatic rings. The normalized spacial score (nSPS) is 11.8. The lowest BCUT2D eigenvalue weighted by Gasteiger charge is -2.24. The first-order valence-corrected chi connectivity index (χ1v) is 7.23. The SMILES string of the molecule is CN=C(NCCNC(C)(C)C)N(C)Cc1ccc(F)cc1.I. The quantitative estimate of drug-likeness (QED) is 0.332. The smallest absolute Gasteiger partial charge is 0.193 e. The van der Waals surface area contributed by atoms with E-state index in [9.17, 15) is 4.39 Å². The van der Waals surface area contributed by atoms with Crippen molar-refractivity contribution in [1.29, 1.82) is 0 Å². The Morgan fingerprint density at radius 2 is 1.77 bits per heavy atom. The zero-order valence-electron chi connectivity index (χ0n) is 14.1. The largest absolute Gasteiger partial charge is 0.355 e. The highest BCUT2D eigenvalue weighted by molar-refractivity contribution is 14.0. The molecule has 22 heavy (non-hydrogen) atoms. The molecule has 0 aromatic heterocycles. The van der Waals surface area contributed by atoms with Gasteiger partial charge < -0.3 is 15.5 Å². The Morgan fingerprint density at radius 1 is 1.18 bits per heavy atom. The number of rotatable bonds is 5. The molecule has 0 saturated carbocycles. The molecule has 1 aromatic carbocycles. The van der Waals surface area contributed by atoms with Crippen molar-refractivity contribution in [3.8, 4) is 0 Å². The molecule has 0 amide bonds. The second-order valence-electron chi connectivity index (χ2n) is 6.13. The molecule has 6 heteroatoms. The van der Waals surface area contributed by atoms with Crippen molar-refractivity contribution in [3.05, 3.63) is 35.6 Å². The standard InChI is InChI=1S/C16H27FN4.HI/c1-16(2,3)20-11-10-19-15(18-4)21(5)12-13-6-8-14(17)9-7-13;/h6-9,20H,10-12H2,1-5H3,(H,18,19);1H. The fourth-order valence-electron chi connectivity index (χ4n) is 1.94. The second kappa shape index (κ2) is 9.99. The van der Waals surface area contributed by atoms with Crippen molar-refractivity contribution in [1.82, 2.24) is 15.5 Å². The minimum Gasteiger partial charge on any atom is -0.355 e. The molecule has 0 aliphatic carbocycles. The molecule has 4 nitrogen and oxygen atoms in total. The van der Waals surface area contributed by atoms with E-state index in [0.29, 0.717) is 6.54 Å². The minimum absolute atomic E-state index is 0. The van der Waals surface area contributed by atoms with E-state index >= 15 is 0 Å². The first-order chi connectivity index (χ1) is 9.81. The molecule has 0 unspecified atom stereocenters. The van der Waals surface area contributed by atoms with Crippen molar-refractivity contribution in [2.45, 2.75) is 32.9 Å². The monoisotopic (exact) mass is 422 g/mol. The van der Waals surface area contributed by atoms with Gasteiger partial charge in [-0.05, 0) is 38.5 Å². The summed E-state index contributed by atoms with van der Waals surface area (Å²) in [6.07, 6.45) is 0. The number of halogens is 2. The summed E-state index contributed by atoms with van der Waals surface area (Å²) in [5.74, 6) is 0.618. The fraction of sp³-hybridized carbons (Fsp3) is 0.562. The highest BCUT2D eigenvalue weighted by atomic mass is 127. The summed E-state index contributed by atoms with van der Waals surface area (Å²) < 4.78 is 12.9. The van der Waals surface area contributed by atoms with Crippen LogP contribution < -0.4 is 10.6 Å². The summed E-state index contributed by atoms with van der Waals surface area (Å²) in [6, 6.07) is 6.54. The summed E-state index contributed by atoms with van der Waals surface area (Å²) in [5.41, 5.74) is 1.17. The van der Waals surface area contributed by atoms with Crippen LogP contribution in [0.2, 0.25) is 0 Å². The summed E-state index contributed by atoms with van der Waals surface area (Å²) in [5, 5.41) is 6.73. The number of nitrogens with one attached hydrogen (secondary N) is 2. The molecular weight excluding hydrogens is 394 g/mol. The topological polar surface area (TPSA) is 39.7 Å². The molecular formula is C16H28FIN4. The third-order valence-electron chi connectivity index (χ3n) is 2.97. The summed E-state index contributed by atoms with van der Waals surface area (Å²) in [7, 11) is 3.73. The van der Waals surface area contributed by atoms with Crippen LogP contribution in [-0.4, -0.2) is 43.6 Å². The number of benzene rings is 1. The number of nitrogens with zero attached hydrogens (tertiary/aromatic N) is 2. The van der Waals surface area contributed by atoms with Gasteiger partial charge in [-0.3, -0.25) is 4.99 Å². The number of hydrogen-bond donors (Lipinski definition) is 2. The van der Waals surface area contributed by atoms with Crippen LogP contribution in [0.15, 0.2) is 29.3 Å². The highest BCUT2D eigenvalue weighted by Crippen LogP contribution is 2.05. The van der Waals surface area contributed by atoms with Crippen LogP contribution in [0.5, 0.6) is 0 Å². The molecule has 0 atom stereocenters. The van der Waals surface area contributed by atoms with Crippen LogP contribution in [0, 0.1) is 5.82 Å². The first-order valence-electron chi connectivity index (χ1n) is 7.23. The van der Waals surface area contributed by atoms with Crippen LogP contribution in [0.3, 0.4) is 0 Å². The minimum atomic E-state index is -0.211.